The highest BCUT2D eigenvalue weighted by atomic mass is 79.9. The average Bonchev–Trinajstić information content (AvgIpc) is 2.53. The topological polar surface area (TPSA) is 15.3 Å². The van der Waals surface area contributed by atoms with Gasteiger partial charge in [0.05, 0.1) is 0 Å². The Morgan fingerprint density at radius 3 is 2.50 bits per heavy atom. The van der Waals surface area contributed by atoms with Crippen LogP contribution in [-0.4, -0.2) is 12.2 Å². The third kappa shape index (κ3) is 3.29. The molecule has 3 aromatic rings. The Kier molecular flexibility index (Phi) is 4.41. The minimum atomic E-state index is 0.661. The van der Waals surface area contributed by atoms with Gasteiger partial charge in [0, 0.05) is 22.9 Å². The third-order valence-electron chi connectivity index (χ3n) is 3.50. The smallest absolute Gasteiger partial charge is 0.177 e. The molecule has 0 bridgehead atoms. The summed E-state index contributed by atoms with van der Waals surface area (Å²) in [6.45, 7) is 0. The number of rotatable bonds is 2. The summed E-state index contributed by atoms with van der Waals surface area (Å²) >= 11 is 8.97. The molecule has 0 atom stereocenters. The van der Waals surface area contributed by atoms with E-state index < -0.39 is 0 Å². The first-order chi connectivity index (χ1) is 10.6. The summed E-state index contributed by atoms with van der Waals surface area (Å²) < 4.78 is 1.02. The summed E-state index contributed by atoms with van der Waals surface area (Å²) in [6, 6.07) is 22.6. The Bertz CT molecular complexity index is 832. The maximum atomic E-state index is 5.51. The van der Waals surface area contributed by atoms with E-state index in [-0.39, 0.29) is 0 Å². The SMILES string of the molecule is CN(C(=S)Nc1cccc(Br)c1)c1ccc2ccccc2c1. The standard InChI is InChI=1S/C18H15BrN2S/c1-21(18(22)20-16-8-4-7-15(19)12-16)17-10-9-13-5-2-3-6-14(13)11-17/h2-12H,1H3,(H,20,22). The molecule has 0 aromatic heterocycles. The molecule has 0 aliphatic heterocycles. The lowest BCUT2D eigenvalue weighted by molar-refractivity contribution is 1.28. The van der Waals surface area contributed by atoms with Crippen molar-refractivity contribution in [2.45, 2.75) is 0 Å². The van der Waals surface area contributed by atoms with Gasteiger partial charge in [0.25, 0.3) is 0 Å². The van der Waals surface area contributed by atoms with Gasteiger partial charge in [-0.3, -0.25) is 0 Å². The van der Waals surface area contributed by atoms with E-state index in [0.29, 0.717) is 5.11 Å². The van der Waals surface area contributed by atoms with E-state index in [4.69, 9.17) is 12.2 Å². The zero-order valence-corrected chi connectivity index (χ0v) is 14.5. The predicted octanol–water partition coefficient (Wildman–Crippen LogP) is 5.44. The molecule has 3 rings (SSSR count). The zero-order valence-electron chi connectivity index (χ0n) is 12.1. The molecule has 0 saturated carbocycles. The fourth-order valence-electron chi connectivity index (χ4n) is 2.28. The minimum Gasteiger partial charge on any atom is -0.332 e. The van der Waals surface area contributed by atoms with E-state index in [1.807, 2.05) is 48.3 Å². The zero-order chi connectivity index (χ0) is 15.5. The largest absolute Gasteiger partial charge is 0.332 e. The molecule has 0 radical (unpaired) electrons. The van der Waals surface area contributed by atoms with Crippen molar-refractivity contribution in [3.8, 4) is 0 Å². The molecule has 22 heavy (non-hydrogen) atoms. The van der Waals surface area contributed by atoms with E-state index in [2.05, 4.69) is 51.6 Å². The van der Waals surface area contributed by atoms with Crippen LogP contribution in [0.4, 0.5) is 11.4 Å². The molecular weight excluding hydrogens is 356 g/mol. The van der Waals surface area contributed by atoms with Crippen LogP contribution >= 0.6 is 28.1 Å². The molecule has 0 spiro atoms. The highest BCUT2D eigenvalue weighted by Gasteiger charge is 2.08. The fourth-order valence-corrected chi connectivity index (χ4v) is 2.90. The van der Waals surface area contributed by atoms with Crippen LogP contribution in [0.15, 0.2) is 71.2 Å². The molecule has 4 heteroatoms. The number of hydrogen-bond donors (Lipinski definition) is 1. The monoisotopic (exact) mass is 370 g/mol. The van der Waals surface area contributed by atoms with Crippen LogP contribution in [-0.2, 0) is 0 Å². The Morgan fingerprint density at radius 2 is 1.73 bits per heavy atom. The number of fused-ring (bicyclic) bond motifs is 1. The van der Waals surface area contributed by atoms with Gasteiger partial charge in [0.2, 0.25) is 0 Å². The van der Waals surface area contributed by atoms with Crippen molar-refractivity contribution in [2.24, 2.45) is 0 Å². The molecule has 2 nitrogen and oxygen atoms in total. The first-order valence-corrected chi connectivity index (χ1v) is 8.13. The van der Waals surface area contributed by atoms with Gasteiger partial charge in [-0.15, -0.1) is 0 Å². The minimum absolute atomic E-state index is 0.661. The summed E-state index contributed by atoms with van der Waals surface area (Å²) in [5.41, 5.74) is 2.03. The Labute approximate surface area is 143 Å². The van der Waals surface area contributed by atoms with Crippen LogP contribution in [0, 0.1) is 0 Å². The van der Waals surface area contributed by atoms with Crippen molar-refractivity contribution in [1.29, 1.82) is 0 Å². The molecule has 3 aromatic carbocycles. The van der Waals surface area contributed by atoms with Gasteiger partial charge in [-0.1, -0.05) is 52.3 Å². The maximum absolute atomic E-state index is 5.51. The maximum Gasteiger partial charge on any atom is 0.177 e. The molecule has 0 fully saturated rings. The highest BCUT2D eigenvalue weighted by Crippen LogP contribution is 2.22. The predicted molar refractivity (Wildman–Crippen MR) is 103 cm³/mol. The molecular formula is C18H15BrN2S. The van der Waals surface area contributed by atoms with Gasteiger partial charge in [-0.05, 0) is 53.3 Å². The van der Waals surface area contributed by atoms with Crippen molar-refractivity contribution in [1.82, 2.24) is 0 Å². The molecule has 0 heterocycles. The van der Waals surface area contributed by atoms with Gasteiger partial charge < -0.3 is 10.2 Å². The van der Waals surface area contributed by atoms with Gasteiger partial charge >= 0.3 is 0 Å². The number of nitrogens with one attached hydrogen (secondary N) is 1. The number of thiocarbonyl (C=S) groups is 1. The normalized spacial score (nSPS) is 10.5. The fraction of sp³-hybridized carbons (Fsp3) is 0.0556. The summed E-state index contributed by atoms with van der Waals surface area (Å²) in [6.07, 6.45) is 0. The van der Waals surface area contributed by atoms with Gasteiger partial charge in [-0.25, -0.2) is 0 Å². The molecule has 0 unspecified atom stereocenters. The van der Waals surface area contributed by atoms with E-state index in [1.165, 1.54) is 10.8 Å². The summed E-state index contributed by atoms with van der Waals surface area (Å²) in [4.78, 5) is 1.97. The molecule has 0 saturated heterocycles. The number of nitrogens with zero attached hydrogens (tertiary/aromatic N) is 1. The molecule has 0 amide bonds. The Hall–Kier alpha value is -1.91. The van der Waals surface area contributed by atoms with Crippen LogP contribution in [0.3, 0.4) is 0 Å². The molecule has 0 aliphatic rings. The second kappa shape index (κ2) is 6.46. The van der Waals surface area contributed by atoms with Crippen LogP contribution in [0.5, 0.6) is 0 Å². The summed E-state index contributed by atoms with van der Waals surface area (Å²) in [5.74, 6) is 0. The second-order valence-electron chi connectivity index (χ2n) is 5.03. The summed E-state index contributed by atoms with van der Waals surface area (Å²) in [7, 11) is 1.97. The first kappa shape index (κ1) is 15.0. The van der Waals surface area contributed by atoms with Crippen molar-refractivity contribution >= 4 is 55.4 Å². The van der Waals surface area contributed by atoms with Crippen molar-refractivity contribution in [3.05, 3.63) is 71.2 Å². The molecule has 1 N–H and O–H groups in total. The van der Waals surface area contributed by atoms with E-state index >= 15 is 0 Å². The molecule has 110 valence electrons. The van der Waals surface area contributed by atoms with Crippen LogP contribution in [0.25, 0.3) is 10.8 Å². The number of halogens is 1. The lowest BCUT2D eigenvalue weighted by Crippen LogP contribution is -2.30. The van der Waals surface area contributed by atoms with E-state index in [1.54, 1.807) is 0 Å². The van der Waals surface area contributed by atoms with Crippen molar-refractivity contribution < 1.29 is 0 Å². The quantitative estimate of drug-likeness (QED) is 0.605. The average molecular weight is 371 g/mol. The third-order valence-corrected chi connectivity index (χ3v) is 4.37. The van der Waals surface area contributed by atoms with Crippen molar-refractivity contribution in [3.63, 3.8) is 0 Å². The lowest BCUT2D eigenvalue weighted by Gasteiger charge is -2.21. The lowest BCUT2D eigenvalue weighted by atomic mass is 10.1. The highest BCUT2D eigenvalue weighted by molar-refractivity contribution is 9.10. The Morgan fingerprint density at radius 1 is 0.955 bits per heavy atom. The van der Waals surface area contributed by atoms with Crippen LogP contribution in [0.2, 0.25) is 0 Å². The number of benzene rings is 3. The summed E-state index contributed by atoms with van der Waals surface area (Å²) in [5, 5.41) is 6.35. The van der Waals surface area contributed by atoms with Crippen LogP contribution < -0.4 is 10.2 Å². The number of hydrogen-bond acceptors (Lipinski definition) is 1. The van der Waals surface area contributed by atoms with Gasteiger partial charge in [-0.2, -0.15) is 0 Å². The van der Waals surface area contributed by atoms with Gasteiger partial charge in [0.15, 0.2) is 5.11 Å². The number of anilines is 2. The first-order valence-electron chi connectivity index (χ1n) is 6.92. The van der Waals surface area contributed by atoms with E-state index in [9.17, 15) is 0 Å². The van der Waals surface area contributed by atoms with Gasteiger partial charge in [0.1, 0.15) is 0 Å². The van der Waals surface area contributed by atoms with E-state index in [0.717, 1.165) is 15.8 Å². The molecule has 0 aliphatic carbocycles. The second-order valence-corrected chi connectivity index (χ2v) is 6.33. The van der Waals surface area contributed by atoms with Crippen molar-refractivity contribution in [2.75, 3.05) is 17.3 Å². The van der Waals surface area contributed by atoms with Crippen LogP contribution in [0.1, 0.15) is 0 Å². The Balaban J connectivity index is 1.82.